The zero-order valence-corrected chi connectivity index (χ0v) is 13.5. The Bertz CT molecular complexity index is 456. The third-order valence-corrected chi connectivity index (χ3v) is 4.04. The van der Waals surface area contributed by atoms with E-state index in [4.69, 9.17) is 19.9 Å². The van der Waals surface area contributed by atoms with Crippen molar-refractivity contribution in [1.82, 2.24) is 4.90 Å². The minimum absolute atomic E-state index is 0.151. The second-order valence-electron chi connectivity index (χ2n) is 4.81. The van der Waals surface area contributed by atoms with Gasteiger partial charge >= 0.3 is 0 Å². The molecule has 0 aliphatic carbocycles. The van der Waals surface area contributed by atoms with Gasteiger partial charge in [0.2, 0.25) is 6.79 Å². The fourth-order valence-electron chi connectivity index (χ4n) is 2.36. The second kappa shape index (κ2) is 7.26. The summed E-state index contributed by atoms with van der Waals surface area (Å²) in [7, 11) is 3.79. The number of likely N-dealkylation sites (N-methyl/N-ethyl adjacent to an activating group) is 1. The van der Waals surface area contributed by atoms with Crippen LogP contribution >= 0.6 is 15.9 Å². The van der Waals surface area contributed by atoms with Gasteiger partial charge in [-0.15, -0.1) is 0 Å². The Kier molecular flexibility index (Phi) is 5.65. The molecule has 0 aromatic heterocycles. The van der Waals surface area contributed by atoms with Crippen molar-refractivity contribution < 1.29 is 14.2 Å². The Balaban J connectivity index is 2.13. The van der Waals surface area contributed by atoms with Gasteiger partial charge in [-0.1, -0.05) is 0 Å². The molecule has 0 saturated heterocycles. The number of nitrogens with zero attached hydrogens (tertiary/aromatic N) is 1. The van der Waals surface area contributed by atoms with Crippen LogP contribution in [0.2, 0.25) is 0 Å². The molecule has 1 aromatic carbocycles. The van der Waals surface area contributed by atoms with Crippen LogP contribution in [0.1, 0.15) is 18.0 Å². The summed E-state index contributed by atoms with van der Waals surface area (Å²) in [5, 5.41) is 0. The summed E-state index contributed by atoms with van der Waals surface area (Å²) in [5.74, 6) is 1.55. The standard InChI is InChI=1S/C14H21BrN2O3/c1-17(4-3-5-18-2)12(8-16)10-6-11(15)14-13(7-10)19-9-20-14/h6-7,12H,3-5,8-9,16H2,1-2H3. The van der Waals surface area contributed by atoms with E-state index in [1.165, 1.54) is 0 Å². The highest BCUT2D eigenvalue weighted by Gasteiger charge is 2.22. The van der Waals surface area contributed by atoms with Crippen molar-refractivity contribution in [3.8, 4) is 11.5 Å². The molecule has 0 spiro atoms. The molecule has 0 amide bonds. The van der Waals surface area contributed by atoms with Gasteiger partial charge in [0.15, 0.2) is 11.5 Å². The molecule has 5 nitrogen and oxygen atoms in total. The quantitative estimate of drug-likeness (QED) is 0.768. The van der Waals surface area contributed by atoms with Gasteiger partial charge in [0.05, 0.1) is 4.47 Å². The van der Waals surface area contributed by atoms with Gasteiger partial charge in [0, 0.05) is 32.8 Å². The number of hydrogen-bond acceptors (Lipinski definition) is 5. The summed E-state index contributed by atoms with van der Waals surface area (Å²) in [6, 6.07) is 4.22. The van der Waals surface area contributed by atoms with Gasteiger partial charge in [-0.3, -0.25) is 4.90 Å². The first-order chi connectivity index (χ1) is 9.67. The van der Waals surface area contributed by atoms with Crippen LogP contribution in [0.3, 0.4) is 0 Å². The first kappa shape index (κ1) is 15.6. The molecule has 112 valence electrons. The molecule has 0 bridgehead atoms. The topological polar surface area (TPSA) is 57.0 Å². The number of methoxy groups -OCH3 is 1. The molecule has 20 heavy (non-hydrogen) atoms. The van der Waals surface area contributed by atoms with Gasteiger partial charge in [0.1, 0.15) is 0 Å². The predicted octanol–water partition coefficient (Wildman–Crippen LogP) is 2.15. The van der Waals surface area contributed by atoms with E-state index in [9.17, 15) is 0 Å². The molecule has 0 fully saturated rings. The minimum Gasteiger partial charge on any atom is -0.454 e. The highest BCUT2D eigenvalue weighted by molar-refractivity contribution is 9.10. The minimum atomic E-state index is 0.151. The van der Waals surface area contributed by atoms with E-state index >= 15 is 0 Å². The number of fused-ring (bicyclic) bond motifs is 1. The van der Waals surface area contributed by atoms with Gasteiger partial charge in [-0.2, -0.15) is 0 Å². The van der Waals surface area contributed by atoms with Gasteiger partial charge < -0.3 is 19.9 Å². The number of rotatable bonds is 7. The number of nitrogens with two attached hydrogens (primary N) is 1. The highest BCUT2D eigenvalue weighted by atomic mass is 79.9. The lowest BCUT2D eigenvalue weighted by Gasteiger charge is -2.27. The molecule has 1 aliphatic rings. The predicted molar refractivity (Wildman–Crippen MR) is 81.2 cm³/mol. The molecule has 2 N–H and O–H groups in total. The van der Waals surface area contributed by atoms with Crippen LogP contribution in [0.25, 0.3) is 0 Å². The van der Waals surface area contributed by atoms with E-state index < -0.39 is 0 Å². The van der Waals surface area contributed by atoms with Crippen LogP contribution in [0.15, 0.2) is 16.6 Å². The monoisotopic (exact) mass is 344 g/mol. The molecule has 1 atom stereocenters. The Hall–Kier alpha value is -0.820. The average Bonchev–Trinajstić information content (AvgIpc) is 2.89. The van der Waals surface area contributed by atoms with E-state index in [0.29, 0.717) is 6.54 Å². The largest absolute Gasteiger partial charge is 0.454 e. The Labute approximate surface area is 128 Å². The lowest BCUT2D eigenvalue weighted by Crippen LogP contribution is -2.31. The van der Waals surface area contributed by atoms with Crippen molar-refractivity contribution >= 4 is 15.9 Å². The van der Waals surface area contributed by atoms with Crippen molar-refractivity contribution in [2.45, 2.75) is 12.5 Å². The molecule has 1 aliphatic heterocycles. The third kappa shape index (κ3) is 3.44. The van der Waals surface area contributed by atoms with E-state index in [0.717, 1.165) is 41.1 Å². The maximum atomic E-state index is 5.94. The Morgan fingerprint density at radius 3 is 2.95 bits per heavy atom. The Morgan fingerprint density at radius 1 is 1.45 bits per heavy atom. The summed E-state index contributed by atoms with van der Waals surface area (Å²) in [4.78, 5) is 2.24. The summed E-state index contributed by atoms with van der Waals surface area (Å²) in [6.07, 6.45) is 0.981. The summed E-state index contributed by atoms with van der Waals surface area (Å²) in [5.41, 5.74) is 7.07. The summed E-state index contributed by atoms with van der Waals surface area (Å²) >= 11 is 3.52. The lowest BCUT2D eigenvalue weighted by molar-refractivity contribution is 0.166. The summed E-state index contributed by atoms with van der Waals surface area (Å²) in [6.45, 7) is 2.51. The van der Waals surface area contributed by atoms with E-state index in [1.54, 1.807) is 7.11 Å². The van der Waals surface area contributed by atoms with Crippen molar-refractivity contribution in [2.24, 2.45) is 5.73 Å². The first-order valence-electron chi connectivity index (χ1n) is 6.65. The smallest absolute Gasteiger partial charge is 0.231 e. The van der Waals surface area contributed by atoms with Crippen molar-refractivity contribution in [3.63, 3.8) is 0 Å². The average molecular weight is 345 g/mol. The van der Waals surface area contributed by atoms with Gasteiger partial charge in [0.25, 0.3) is 0 Å². The van der Waals surface area contributed by atoms with Crippen LogP contribution in [-0.4, -0.2) is 45.5 Å². The molecule has 2 rings (SSSR count). The SMILES string of the molecule is COCCCN(C)C(CN)c1cc(Br)c2c(c1)OCO2. The molecular formula is C14H21BrN2O3. The fourth-order valence-corrected chi connectivity index (χ4v) is 2.94. The molecule has 1 heterocycles. The van der Waals surface area contributed by atoms with Crippen LogP contribution in [-0.2, 0) is 4.74 Å². The lowest BCUT2D eigenvalue weighted by atomic mass is 10.0. The van der Waals surface area contributed by atoms with Crippen LogP contribution in [0.4, 0.5) is 0 Å². The van der Waals surface area contributed by atoms with E-state index in [2.05, 4.69) is 33.9 Å². The van der Waals surface area contributed by atoms with E-state index in [-0.39, 0.29) is 12.8 Å². The fraction of sp³-hybridized carbons (Fsp3) is 0.571. The molecule has 1 unspecified atom stereocenters. The summed E-state index contributed by atoms with van der Waals surface area (Å²) < 4.78 is 16.9. The molecule has 0 radical (unpaired) electrons. The first-order valence-corrected chi connectivity index (χ1v) is 7.45. The van der Waals surface area contributed by atoms with Crippen LogP contribution in [0, 0.1) is 0 Å². The van der Waals surface area contributed by atoms with Crippen LogP contribution < -0.4 is 15.2 Å². The van der Waals surface area contributed by atoms with Gasteiger partial charge in [-0.05, 0) is 47.1 Å². The zero-order chi connectivity index (χ0) is 14.5. The number of benzene rings is 1. The van der Waals surface area contributed by atoms with Crippen molar-refractivity contribution in [1.29, 1.82) is 0 Å². The number of hydrogen-bond donors (Lipinski definition) is 1. The molecule has 1 aromatic rings. The number of halogens is 1. The van der Waals surface area contributed by atoms with Crippen molar-refractivity contribution in [3.05, 3.63) is 22.2 Å². The van der Waals surface area contributed by atoms with Crippen LogP contribution in [0.5, 0.6) is 11.5 Å². The van der Waals surface area contributed by atoms with Crippen molar-refractivity contribution in [2.75, 3.05) is 40.6 Å². The zero-order valence-electron chi connectivity index (χ0n) is 11.9. The third-order valence-electron chi connectivity index (χ3n) is 3.45. The number of ether oxygens (including phenoxy) is 3. The Morgan fingerprint density at radius 2 is 2.25 bits per heavy atom. The van der Waals surface area contributed by atoms with Gasteiger partial charge in [-0.25, -0.2) is 0 Å². The molecule has 6 heteroatoms. The highest BCUT2D eigenvalue weighted by Crippen LogP contribution is 2.41. The van der Waals surface area contributed by atoms with E-state index in [1.807, 2.05) is 6.07 Å². The normalized spacial score (nSPS) is 14.8. The molecular weight excluding hydrogens is 324 g/mol. The maximum Gasteiger partial charge on any atom is 0.231 e. The second-order valence-corrected chi connectivity index (χ2v) is 5.67. The molecule has 0 saturated carbocycles. The maximum absolute atomic E-state index is 5.94.